The topological polar surface area (TPSA) is 45.0 Å². The molecule has 1 aromatic rings. The van der Waals surface area contributed by atoms with Crippen LogP contribution in [0.2, 0.25) is 5.02 Å². The van der Waals surface area contributed by atoms with Gasteiger partial charge in [0.2, 0.25) is 0 Å². The fraction of sp³-hybridized carbons (Fsp3) is 0.364. The molecule has 4 heteroatoms. The Morgan fingerprint density at radius 2 is 2.33 bits per heavy atom. The number of rotatable bonds is 4. The lowest BCUT2D eigenvalue weighted by molar-refractivity contribution is 0.416. The van der Waals surface area contributed by atoms with Crippen molar-refractivity contribution in [3.05, 3.63) is 23.2 Å². The van der Waals surface area contributed by atoms with Gasteiger partial charge in [0.1, 0.15) is 5.75 Å². The Bertz CT molecular complexity index is 373. The average molecular weight is 225 g/mol. The van der Waals surface area contributed by atoms with E-state index < -0.39 is 0 Å². The highest BCUT2D eigenvalue weighted by Crippen LogP contribution is 2.27. The molecule has 1 aromatic carbocycles. The van der Waals surface area contributed by atoms with Crippen LogP contribution in [0.4, 0.5) is 5.69 Å². The third-order valence-corrected chi connectivity index (χ3v) is 2.22. The fourth-order valence-electron chi connectivity index (χ4n) is 1.13. The second-order valence-corrected chi connectivity index (χ2v) is 3.69. The van der Waals surface area contributed by atoms with E-state index in [0.29, 0.717) is 11.6 Å². The molecule has 1 rings (SSSR count). The number of nitrogens with zero attached hydrogens (tertiary/aromatic N) is 1. The minimum Gasteiger partial charge on any atom is -0.495 e. The number of halogens is 1. The number of nitriles is 1. The van der Waals surface area contributed by atoms with Crippen LogP contribution >= 0.6 is 11.6 Å². The molecule has 0 heterocycles. The van der Waals surface area contributed by atoms with E-state index >= 15 is 0 Å². The summed E-state index contributed by atoms with van der Waals surface area (Å²) in [5.41, 5.74) is 0.812. The van der Waals surface area contributed by atoms with Gasteiger partial charge in [0.25, 0.3) is 0 Å². The van der Waals surface area contributed by atoms with Gasteiger partial charge in [-0.25, -0.2) is 0 Å². The van der Waals surface area contributed by atoms with Crippen molar-refractivity contribution >= 4 is 17.3 Å². The molecular weight excluding hydrogens is 212 g/mol. The summed E-state index contributed by atoms with van der Waals surface area (Å²) in [6, 6.07) is 7.49. The lowest BCUT2D eigenvalue weighted by atomic mass is 10.2. The standard InChI is InChI=1S/C11H13ClN2O/c1-8(6-13)7-14-10-5-9(12)3-4-11(10)15-2/h3-5,8,14H,7H2,1-2H3. The van der Waals surface area contributed by atoms with Gasteiger partial charge in [-0.05, 0) is 25.1 Å². The SMILES string of the molecule is COc1ccc(Cl)cc1NCC(C)C#N. The van der Waals surface area contributed by atoms with Crippen LogP contribution in [0.15, 0.2) is 18.2 Å². The second-order valence-electron chi connectivity index (χ2n) is 3.26. The molecule has 1 atom stereocenters. The van der Waals surface area contributed by atoms with E-state index in [9.17, 15) is 0 Å². The summed E-state index contributed by atoms with van der Waals surface area (Å²) >= 11 is 5.86. The van der Waals surface area contributed by atoms with Gasteiger partial charge < -0.3 is 10.1 Å². The first-order chi connectivity index (χ1) is 7.17. The van der Waals surface area contributed by atoms with E-state index in [4.69, 9.17) is 21.6 Å². The normalized spacial score (nSPS) is 11.6. The fourth-order valence-corrected chi connectivity index (χ4v) is 1.30. The highest BCUT2D eigenvalue weighted by molar-refractivity contribution is 6.30. The number of hydrogen-bond donors (Lipinski definition) is 1. The van der Waals surface area contributed by atoms with Gasteiger partial charge >= 0.3 is 0 Å². The summed E-state index contributed by atoms with van der Waals surface area (Å²) in [4.78, 5) is 0. The summed E-state index contributed by atoms with van der Waals surface area (Å²) in [6.07, 6.45) is 0. The monoisotopic (exact) mass is 224 g/mol. The lowest BCUT2D eigenvalue weighted by Gasteiger charge is -2.12. The molecular formula is C11H13ClN2O. The number of ether oxygens (including phenoxy) is 1. The molecule has 0 saturated carbocycles. The molecule has 0 aliphatic rings. The minimum absolute atomic E-state index is 0.0475. The first-order valence-electron chi connectivity index (χ1n) is 4.64. The van der Waals surface area contributed by atoms with E-state index in [-0.39, 0.29) is 5.92 Å². The van der Waals surface area contributed by atoms with E-state index in [1.807, 2.05) is 6.92 Å². The van der Waals surface area contributed by atoms with E-state index in [1.165, 1.54) is 0 Å². The Balaban J connectivity index is 2.75. The first kappa shape index (κ1) is 11.7. The molecule has 0 amide bonds. The largest absolute Gasteiger partial charge is 0.495 e. The molecule has 1 unspecified atom stereocenters. The molecule has 80 valence electrons. The lowest BCUT2D eigenvalue weighted by Crippen LogP contribution is -2.10. The summed E-state index contributed by atoms with van der Waals surface area (Å²) in [5, 5.41) is 12.4. The third kappa shape index (κ3) is 3.34. The zero-order chi connectivity index (χ0) is 11.3. The Labute approximate surface area is 94.6 Å². The van der Waals surface area contributed by atoms with Crippen molar-refractivity contribution in [2.75, 3.05) is 19.0 Å². The summed E-state index contributed by atoms with van der Waals surface area (Å²) in [5.74, 6) is 0.679. The van der Waals surface area contributed by atoms with Crippen LogP contribution in [0, 0.1) is 17.2 Å². The molecule has 1 N–H and O–H groups in total. The first-order valence-corrected chi connectivity index (χ1v) is 5.02. The smallest absolute Gasteiger partial charge is 0.142 e. The minimum atomic E-state index is -0.0475. The molecule has 3 nitrogen and oxygen atoms in total. The van der Waals surface area contributed by atoms with Gasteiger partial charge in [-0.2, -0.15) is 5.26 Å². The van der Waals surface area contributed by atoms with Crippen LogP contribution in [0.1, 0.15) is 6.92 Å². The second kappa shape index (κ2) is 5.47. The summed E-state index contributed by atoms with van der Waals surface area (Å²) in [7, 11) is 1.60. The Morgan fingerprint density at radius 1 is 1.60 bits per heavy atom. The molecule has 15 heavy (non-hydrogen) atoms. The molecule has 0 aliphatic carbocycles. The van der Waals surface area contributed by atoms with Gasteiger partial charge in [0.05, 0.1) is 24.8 Å². The highest BCUT2D eigenvalue weighted by atomic mass is 35.5. The zero-order valence-corrected chi connectivity index (χ0v) is 9.51. The zero-order valence-electron chi connectivity index (χ0n) is 8.75. The molecule has 0 saturated heterocycles. The maximum Gasteiger partial charge on any atom is 0.142 e. The molecule has 0 fully saturated rings. The third-order valence-electron chi connectivity index (χ3n) is 1.98. The van der Waals surface area contributed by atoms with Gasteiger partial charge in [0.15, 0.2) is 0 Å². The quantitative estimate of drug-likeness (QED) is 0.855. The molecule has 0 spiro atoms. The number of hydrogen-bond acceptors (Lipinski definition) is 3. The molecule has 0 radical (unpaired) electrons. The van der Waals surface area contributed by atoms with E-state index in [1.54, 1.807) is 25.3 Å². The number of benzene rings is 1. The van der Waals surface area contributed by atoms with Gasteiger partial charge in [-0.15, -0.1) is 0 Å². The van der Waals surface area contributed by atoms with Crippen molar-refractivity contribution in [1.82, 2.24) is 0 Å². The maximum absolute atomic E-state index is 8.65. The number of anilines is 1. The Hall–Kier alpha value is -1.40. The predicted molar refractivity (Wildman–Crippen MR) is 61.3 cm³/mol. The molecule has 0 aromatic heterocycles. The van der Waals surface area contributed by atoms with Crippen molar-refractivity contribution in [3.63, 3.8) is 0 Å². The summed E-state index contributed by atoms with van der Waals surface area (Å²) in [6.45, 7) is 2.43. The van der Waals surface area contributed by atoms with Crippen LogP contribution in [-0.2, 0) is 0 Å². The van der Waals surface area contributed by atoms with Gasteiger partial charge in [-0.1, -0.05) is 11.6 Å². The van der Waals surface area contributed by atoms with Crippen molar-refractivity contribution in [2.24, 2.45) is 5.92 Å². The maximum atomic E-state index is 8.65. The van der Waals surface area contributed by atoms with Crippen LogP contribution in [0.5, 0.6) is 5.75 Å². The van der Waals surface area contributed by atoms with E-state index in [2.05, 4.69) is 11.4 Å². The van der Waals surface area contributed by atoms with Crippen molar-refractivity contribution in [3.8, 4) is 11.8 Å². The highest BCUT2D eigenvalue weighted by Gasteiger charge is 2.05. The van der Waals surface area contributed by atoms with Crippen LogP contribution in [-0.4, -0.2) is 13.7 Å². The van der Waals surface area contributed by atoms with Crippen molar-refractivity contribution in [1.29, 1.82) is 5.26 Å². The number of methoxy groups -OCH3 is 1. The Morgan fingerprint density at radius 3 is 2.93 bits per heavy atom. The van der Waals surface area contributed by atoms with E-state index in [0.717, 1.165) is 11.4 Å². The van der Waals surface area contributed by atoms with Crippen LogP contribution < -0.4 is 10.1 Å². The van der Waals surface area contributed by atoms with Crippen LogP contribution in [0.25, 0.3) is 0 Å². The van der Waals surface area contributed by atoms with Gasteiger partial charge in [-0.3, -0.25) is 0 Å². The Kier molecular flexibility index (Phi) is 4.26. The van der Waals surface area contributed by atoms with Crippen molar-refractivity contribution < 1.29 is 4.74 Å². The van der Waals surface area contributed by atoms with Gasteiger partial charge in [0, 0.05) is 11.6 Å². The predicted octanol–water partition coefficient (Wildman–Crippen LogP) is 2.92. The molecule has 0 bridgehead atoms. The van der Waals surface area contributed by atoms with Crippen molar-refractivity contribution in [2.45, 2.75) is 6.92 Å². The van der Waals surface area contributed by atoms with Crippen LogP contribution in [0.3, 0.4) is 0 Å². The molecule has 0 aliphatic heterocycles. The average Bonchev–Trinajstić information content (AvgIpc) is 2.26. The number of nitrogens with one attached hydrogen (secondary N) is 1. The summed E-state index contributed by atoms with van der Waals surface area (Å²) < 4.78 is 5.16.